The van der Waals surface area contributed by atoms with Gasteiger partial charge in [0, 0.05) is 43.7 Å². The van der Waals surface area contributed by atoms with Gasteiger partial charge in [-0.2, -0.15) is 5.10 Å². The van der Waals surface area contributed by atoms with Crippen LogP contribution in [0, 0.1) is 10.1 Å². The zero-order valence-electron chi connectivity index (χ0n) is 14.1. The number of amides is 1. The third-order valence-corrected chi connectivity index (χ3v) is 3.48. The van der Waals surface area contributed by atoms with E-state index in [4.69, 9.17) is 4.74 Å². The lowest BCUT2D eigenvalue weighted by atomic mass is 10.1. The first-order valence-corrected chi connectivity index (χ1v) is 7.80. The molecule has 0 unspecified atom stereocenters. The molecule has 1 heterocycles. The number of carbonyl (C=O) groups is 1. The molecule has 0 aliphatic rings. The molecule has 0 saturated carbocycles. The Balaban J connectivity index is 2.05. The molecule has 1 aromatic heterocycles. The molecule has 0 spiro atoms. The van der Waals surface area contributed by atoms with Gasteiger partial charge < -0.3 is 15.4 Å². The van der Waals surface area contributed by atoms with Crippen LogP contribution in [0.15, 0.2) is 36.7 Å². The molecule has 1 amide bonds. The minimum atomic E-state index is -0.515. The number of nitrogens with one attached hydrogen (secondary N) is 2. The second-order valence-corrected chi connectivity index (χ2v) is 5.51. The van der Waals surface area contributed by atoms with Crippen molar-refractivity contribution in [2.75, 3.05) is 25.6 Å². The summed E-state index contributed by atoms with van der Waals surface area (Å²) in [6.45, 7) is 3.21. The van der Waals surface area contributed by atoms with Gasteiger partial charge in [0.15, 0.2) is 0 Å². The highest BCUT2D eigenvalue weighted by molar-refractivity contribution is 5.95. The van der Waals surface area contributed by atoms with Gasteiger partial charge in [-0.15, -0.1) is 0 Å². The van der Waals surface area contributed by atoms with E-state index < -0.39 is 4.92 Å². The van der Waals surface area contributed by atoms with E-state index in [1.807, 2.05) is 6.92 Å². The van der Waals surface area contributed by atoms with Crippen LogP contribution < -0.4 is 10.6 Å². The summed E-state index contributed by atoms with van der Waals surface area (Å²) >= 11 is 0. The number of nitro benzene ring substituents is 1. The Bertz CT molecular complexity index is 717. The molecule has 0 aliphatic carbocycles. The maximum Gasteiger partial charge on any atom is 0.293 e. The minimum absolute atomic E-state index is 0.150. The molecule has 0 saturated heterocycles. The number of methoxy groups -OCH3 is 1. The predicted octanol–water partition coefficient (Wildman–Crippen LogP) is 1.67. The molecule has 0 bridgehead atoms. The molecule has 2 aromatic rings. The van der Waals surface area contributed by atoms with Gasteiger partial charge in [0.1, 0.15) is 5.69 Å². The van der Waals surface area contributed by atoms with Crippen molar-refractivity contribution >= 4 is 17.3 Å². The molecule has 0 fully saturated rings. The zero-order valence-corrected chi connectivity index (χ0v) is 14.1. The minimum Gasteiger partial charge on any atom is -0.383 e. The first-order chi connectivity index (χ1) is 12.0. The van der Waals surface area contributed by atoms with Crippen molar-refractivity contribution in [3.8, 4) is 0 Å². The lowest BCUT2D eigenvalue weighted by Crippen LogP contribution is -2.35. The second kappa shape index (κ2) is 8.78. The van der Waals surface area contributed by atoms with Gasteiger partial charge in [-0.25, -0.2) is 0 Å². The number of carbonyl (C=O) groups excluding carboxylic acids is 1. The molecule has 1 aromatic carbocycles. The Hall–Kier alpha value is -2.94. The third kappa shape index (κ3) is 5.28. The van der Waals surface area contributed by atoms with Crippen molar-refractivity contribution < 1.29 is 14.5 Å². The van der Waals surface area contributed by atoms with Crippen molar-refractivity contribution in [3.05, 3.63) is 52.3 Å². The van der Waals surface area contributed by atoms with Crippen molar-refractivity contribution in [2.24, 2.45) is 0 Å². The zero-order chi connectivity index (χ0) is 18.2. The van der Waals surface area contributed by atoms with Crippen LogP contribution in [-0.2, 0) is 11.3 Å². The number of ether oxygens (including phenoxy) is 1. The highest BCUT2D eigenvalue weighted by atomic mass is 16.6. The number of nitro groups is 1. The molecular formula is C16H21N5O4. The largest absolute Gasteiger partial charge is 0.383 e. The molecule has 134 valence electrons. The van der Waals surface area contributed by atoms with Crippen LogP contribution >= 0.6 is 0 Å². The standard InChI is InChI=1S/C16H21N5O4/c1-12(11-20-8-3-6-18-20)19-16(22)13-4-5-14(17-7-9-25-2)15(10-13)21(23)24/h3-6,8,10,12,17H,7,9,11H2,1-2H3,(H,19,22)/t12-/m0/s1. The van der Waals surface area contributed by atoms with Gasteiger partial charge in [-0.1, -0.05) is 0 Å². The quantitative estimate of drug-likeness (QED) is 0.405. The summed E-state index contributed by atoms with van der Waals surface area (Å²) in [4.78, 5) is 23.1. The summed E-state index contributed by atoms with van der Waals surface area (Å²) in [5, 5.41) is 21.1. The van der Waals surface area contributed by atoms with Gasteiger partial charge in [-0.05, 0) is 25.1 Å². The van der Waals surface area contributed by atoms with Crippen LogP contribution in [0.3, 0.4) is 0 Å². The first kappa shape index (κ1) is 18.4. The van der Waals surface area contributed by atoms with Crippen molar-refractivity contribution in [3.63, 3.8) is 0 Å². The predicted molar refractivity (Wildman–Crippen MR) is 92.6 cm³/mol. The number of aromatic nitrogens is 2. The Labute approximate surface area is 145 Å². The number of anilines is 1. The van der Waals surface area contributed by atoms with Crippen LogP contribution in [0.2, 0.25) is 0 Å². The fraction of sp³-hybridized carbons (Fsp3) is 0.375. The van der Waals surface area contributed by atoms with Gasteiger partial charge >= 0.3 is 0 Å². The average molecular weight is 347 g/mol. The summed E-state index contributed by atoms with van der Waals surface area (Å²) in [6, 6.07) is 5.98. The molecular weight excluding hydrogens is 326 g/mol. The van der Waals surface area contributed by atoms with Gasteiger partial charge in [-0.3, -0.25) is 19.6 Å². The Morgan fingerprint density at radius 1 is 1.48 bits per heavy atom. The molecule has 9 heteroatoms. The summed E-state index contributed by atoms with van der Waals surface area (Å²) in [5.41, 5.74) is 0.433. The maximum atomic E-state index is 12.3. The van der Waals surface area contributed by atoms with E-state index in [9.17, 15) is 14.9 Å². The van der Waals surface area contributed by atoms with E-state index in [0.29, 0.717) is 25.4 Å². The molecule has 2 rings (SSSR count). The molecule has 0 radical (unpaired) electrons. The van der Waals surface area contributed by atoms with Gasteiger partial charge in [0.25, 0.3) is 11.6 Å². The van der Waals surface area contributed by atoms with Crippen LogP contribution in [0.5, 0.6) is 0 Å². The maximum absolute atomic E-state index is 12.3. The molecule has 2 N–H and O–H groups in total. The van der Waals surface area contributed by atoms with Crippen molar-refractivity contribution in [1.29, 1.82) is 0 Å². The normalized spacial score (nSPS) is 11.8. The summed E-state index contributed by atoms with van der Waals surface area (Å²) < 4.78 is 6.61. The summed E-state index contributed by atoms with van der Waals surface area (Å²) in [6.07, 6.45) is 3.46. The van der Waals surface area contributed by atoms with E-state index in [1.165, 1.54) is 12.1 Å². The lowest BCUT2D eigenvalue weighted by Gasteiger charge is -2.14. The highest BCUT2D eigenvalue weighted by Crippen LogP contribution is 2.25. The summed E-state index contributed by atoms with van der Waals surface area (Å²) in [7, 11) is 1.55. The Morgan fingerprint density at radius 3 is 2.92 bits per heavy atom. The Kier molecular flexibility index (Phi) is 6.47. The molecule has 25 heavy (non-hydrogen) atoms. The van der Waals surface area contributed by atoms with Gasteiger partial charge in [0.05, 0.1) is 18.1 Å². The molecule has 9 nitrogen and oxygen atoms in total. The number of benzene rings is 1. The van der Waals surface area contributed by atoms with Crippen LogP contribution in [0.1, 0.15) is 17.3 Å². The lowest BCUT2D eigenvalue weighted by molar-refractivity contribution is -0.384. The van der Waals surface area contributed by atoms with E-state index in [1.54, 1.807) is 36.3 Å². The van der Waals surface area contributed by atoms with E-state index in [-0.39, 0.29) is 23.2 Å². The topological polar surface area (TPSA) is 111 Å². The van der Waals surface area contributed by atoms with Crippen molar-refractivity contribution in [2.45, 2.75) is 19.5 Å². The Morgan fingerprint density at radius 2 is 2.28 bits per heavy atom. The first-order valence-electron chi connectivity index (χ1n) is 7.80. The number of nitrogens with zero attached hydrogens (tertiary/aromatic N) is 3. The van der Waals surface area contributed by atoms with Crippen LogP contribution in [-0.4, -0.2) is 46.9 Å². The molecule has 1 atom stereocenters. The van der Waals surface area contributed by atoms with Gasteiger partial charge in [0.2, 0.25) is 0 Å². The smallest absolute Gasteiger partial charge is 0.293 e. The SMILES string of the molecule is COCCNc1ccc(C(=O)N[C@@H](C)Cn2cccn2)cc1[N+](=O)[O-]. The highest BCUT2D eigenvalue weighted by Gasteiger charge is 2.18. The average Bonchev–Trinajstić information content (AvgIpc) is 3.07. The third-order valence-electron chi connectivity index (χ3n) is 3.48. The number of hydrogen-bond acceptors (Lipinski definition) is 6. The number of hydrogen-bond donors (Lipinski definition) is 2. The van der Waals surface area contributed by atoms with E-state index in [2.05, 4.69) is 15.7 Å². The van der Waals surface area contributed by atoms with Crippen LogP contribution in [0.25, 0.3) is 0 Å². The van der Waals surface area contributed by atoms with Crippen LogP contribution in [0.4, 0.5) is 11.4 Å². The van der Waals surface area contributed by atoms with E-state index >= 15 is 0 Å². The monoisotopic (exact) mass is 347 g/mol. The van der Waals surface area contributed by atoms with E-state index in [0.717, 1.165) is 0 Å². The fourth-order valence-electron chi connectivity index (χ4n) is 2.30. The number of rotatable bonds is 9. The second-order valence-electron chi connectivity index (χ2n) is 5.51. The van der Waals surface area contributed by atoms with Crippen molar-refractivity contribution in [1.82, 2.24) is 15.1 Å². The molecule has 0 aliphatic heterocycles. The summed E-state index contributed by atoms with van der Waals surface area (Å²) in [5.74, 6) is -0.369. The fourth-order valence-corrected chi connectivity index (χ4v) is 2.30.